The number of rotatable bonds is 15. The van der Waals surface area contributed by atoms with E-state index in [4.69, 9.17) is 41.1 Å². The van der Waals surface area contributed by atoms with E-state index in [9.17, 15) is 0 Å². The Balaban J connectivity index is 1.32. The molecule has 0 unspecified atom stereocenters. The number of ether oxygens (including phenoxy) is 3. The largest absolute Gasteiger partial charge is 0.486 e. The molecule has 1 fully saturated rings. The zero-order valence-corrected chi connectivity index (χ0v) is 30.0. The van der Waals surface area contributed by atoms with E-state index in [1.807, 2.05) is 26.0 Å². The van der Waals surface area contributed by atoms with Crippen LogP contribution in [0.15, 0.2) is 40.9 Å². The van der Waals surface area contributed by atoms with Crippen molar-refractivity contribution in [3.63, 3.8) is 0 Å². The Hall–Kier alpha value is -2.95. The van der Waals surface area contributed by atoms with Crippen LogP contribution < -0.4 is 10.5 Å². The Kier molecular flexibility index (Phi) is 11.3. The van der Waals surface area contributed by atoms with Crippen molar-refractivity contribution in [2.45, 2.75) is 97.9 Å². The van der Waals surface area contributed by atoms with Crippen LogP contribution in [0.3, 0.4) is 0 Å². The predicted octanol–water partition coefficient (Wildman–Crippen LogP) is 7.16. The van der Waals surface area contributed by atoms with Gasteiger partial charge in [-0.15, -0.1) is 0 Å². The lowest BCUT2D eigenvalue weighted by atomic mass is 10.0. The molecule has 10 heteroatoms. The van der Waals surface area contributed by atoms with Gasteiger partial charge in [-0.3, -0.25) is 4.90 Å². The third-order valence-electron chi connectivity index (χ3n) is 9.23. The number of fused-ring (bicyclic) bond motifs is 1. The first-order valence-electron chi connectivity index (χ1n) is 16.9. The zero-order valence-electron chi connectivity index (χ0n) is 29.2. The number of hydrogen-bond acceptors (Lipinski definition) is 8. The number of aryl methyl sites for hydroxylation is 4. The Morgan fingerprint density at radius 2 is 1.77 bits per heavy atom. The first-order valence-corrected chi connectivity index (χ1v) is 17.3. The molecule has 256 valence electrons. The number of nitrogens with two attached hydrogens (primary N) is 1. The molecule has 0 radical (unpaired) electrons. The normalized spacial score (nSPS) is 15.4. The van der Waals surface area contributed by atoms with E-state index in [1.165, 1.54) is 0 Å². The number of nitrogens with zero attached hydrogens (tertiary/aromatic N) is 4. The maximum absolute atomic E-state index is 6.79. The van der Waals surface area contributed by atoms with Crippen LogP contribution >= 0.6 is 11.6 Å². The molecule has 1 aliphatic rings. The van der Waals surface area contributed by atoms with Crippen molar-refractivity contribution in [2.24, 2.45) is 5.73 Å². The van der Waals surface area contributed by atoms with E-state index >= 15 is 0 Å². The Morgan fingerprint density at radius 1 is 1.00 bits per heavy atom. The van der Waals surface area contributed by atoms with E-state index in [-0.39, 0.29) is 5.60 Å². The minimum absolute atomic E-state index is 0.247. The van der Waals surface area contributed by atoms with Crippen LogP contribution in [0, 0.1) is 13.8 Å². The van der Waals surface area contributed by atoms with Crippen molar-refractivity contribution in [1.82, 2.24) is 19.6 Å². The molecule has 2 aromatic heterocycles. The molecule has 5 rings (SSSR count). The highest BCUT2D eigenvalue weighted by molar-refractivity contribution is 6.32. The molecule has 4 aromatic rings. The molecular formula is C37H52ClN5O4. The highest BCUT2D eigenvalue weighted by Crippen LogP contribution is 2.33. The lowest BCUT2D eigenvalue weighted by Crippen LogP contribution is -2.44. The summed E-state index contributed by atoms with van der Waals surface area (Å²) in [4.78, 5) is 7.70. The summed E-state index contributed by atoms with van der Waals surface area (Å²) in [6.45, 7) is 20.0. The lowest BCUT2D eigenvalue weighted by Gasteiger charge is -2.32. The first kappa shape index (κ1) is 35.4. The Morgan fingerprint density at radius 3 is 2.45 bits per heavy atom. The Bertz CT molecular complexity index is 1620. The van der Waals surface area contributed by atoms with Crippen molar-refractivity contribution in [1.29, 1.82) is 0 Å². The number of benzene rings is 2. The van der Waals surface area contributed by atoms with Gasteiger partial charge in [0, 0.05) is 44.1 Å². The summed E-state index contributed by atoms with van der Waals surface area (Å²) in [5, 5.41) is 4.77. The molecule has 1 saturated heterocycles. The van der Waals surface area contributed by atoms with Crippen LogP contribution in [0.1, 0.15) is 70.3 Å². The van der Waals surface area contributed by atoms with E-state index in [1.54, 1.807) is 0 Å². The van der Waals surface area contributed by atoms with Crippen LogP contribution in [-0.4, -0.2) is 76.3 Å². The number of hydrogen-bond donors (Lipinski definition) is 1. The van der Waals surface area contributed by atoms with Crippen LogP contribution in [0.25, 0.3) is 22.2 Å². The van der Waals surface area contributed by atoms with Gasteiger partial charge < -0.3 is 29.0 Å². The van der Waals surface area contributed by atoms with E-state index < -0.39 is 5.60 Å². The summed E-state index contributed by atoms with van der Waals surface area (Å²) in [6.07, 6.45) is 3.13. The van der Waals surface area contributed by atoms with Gasteiger partial charge in [-0.05, 0) is 103 Å². The first-order chi connectivity index (χ1) is 22.4. The highest BCUT2D eigenvalue weighted by atomic mass is 35.5. The maximum Gasteiger partial charge on any atom is 0.141 e. The molecule has 0 bridgehead atoms. The van der Waals surface area contributed by atoms with E-state index in [0.717, 1.165) is 104 Å². The lowest BCUT2D eigenvalue weighted by molar-refractivity contribution is -0.0435. The summed E-state index contributed by atoms with van der Waals surface area (Å²) in [6, 6.07) is 13.0. The third-order valence-corrected chi connectivity index (χ3v) is 9.52. The van der Waals surface area contributed by atoms with Crippen molar-refractivity contribution in [3.8, 4) is 16.9 Å². The topological polar surface area (TPSA) is 101 Å². The van der Waals surface area contributed by atoms with Crippen molar-refractivity contribution in [2.75, 3.05) is 39.5 Å². The fraction of sp³-hybridized carbons (Fsp3) is 0.568. The molecular weight excluding hydrogens is 614 g/mol. The predicted molar refractivity (Wildman–Crippen MR) is 188 cm³/mol. The monoisotopic (exact) mass is 665 g/mol. The molecule has 2 N–H and O–H groups in total. The molecule has 3 heterocycles. The smallest absolute Gasteiger partial charge is 0.141 e. The number of imidazole rings is 1. The summed E-state index contributed by atoms with van der Waals surface area (Å²) < 4.78 is 25.9. The van der Waals surface area contributed by atoms with Gasteiger partial charge in [0.05, 0.1) is 47.2 Å². The quantitative estimate of drug-likeness (QED) is 0.143. The molecule has 47 heavy (non-hydrogen) atoms. The number of aromatic nitrogens is 3. The van der Waals surface area contributed by atoms with Gasteiger partial charge in [-0.2, -0.15) is 0 Å². The standard InChI is InChI=1S/C37H52ClN5O4/c1-25(42-17-20-44-21-18-42)24-43-32-11-10-29(35-26(2)41-47-27(35)3)23-31(32)40-34(43)13-9-28-8-12-33(30(38)22-28)46-37(6,7)15-19-45-36(4,5)14-16-39/h8,10-12,22-23,25H,9,13-21,24,39H2,1-7H3/t25-/m0/s1. The van der Waals surface area contributed by atoms with E-state index in [0.29, 0.717) is 30.0 Å². The Labute approximate surface area is 284 Å². The molecule has 0 amide bonds. The van der Waals surface area contributed by atoms with Gasteiger partial charge in [0.2, 0.25) is 0 Å². The average Bonchev–Trinajstić information content (AvgIpc) is 3.54. The summed E-state index contributed by atoms with van der Waals surface area (Å²) in [5.41, 5.74) is 11.3. The second kappa shape index (κ2) is 15.1. The van der Waals surface area contributed by atoms with Crippen LogP contribution in [0.5, 0.6) is 5.75 Å². The SMILES string of the molecule is Cc1noc(C)c1-c1ccc2c(c1)nc(CCc1ccc(OC(C)(C)CCOC(C)(C)CCN)c(Cl)c1)n2C[C@H](C)N1CCOCC1. The summed E-state index contributed by atoms with van der Waals surface area (Å²) >= 11 is 6.79. The molecule has 0 saturated carbocycles. The van der Waals surface area contributed by atoms with Crippen LogP contribution in [0.2, 0.25) is 5.02 Å². The zero-order chi connectivity index (χ0) is 33.8. The minimum Gasteiger partial charge on any atom is -0.486 e. The van der Waals surface area contributed by atoms with Crippen molar-refractivity contribution < 1.29 is 18.7 Å². The minimum atomic E-state index is -0.436. The van der Waals surface area contributed by atoms with Gasteiger partial charge in [-0.25, -0.2) is 4.98 Å². The third kappa shape index (κ3) is 8.95. The number of morpholine rings is 1. The summed E-state index contributed by atoms with van der Waals surface area (Å²) in [5.74, 6) is 2.56. The molecule has 2 aromatic carbocycles. The molecule has 0 aliphatic carbocycles. The molecule has 0 spiro atoms. The van der Waals surface area contributed by atoms with E-state index in [2.05, 4.69) is 73.5 Å². The van der Waals surface area contributed by atoms with Crippen molar-refractivity contribution >= 4 is 22.6 Å². The van der Waals surface area contributed by atoms with Gasteiger partial charge >= 0.3 is 0 Å². The maximum atomic E-state index is 6.79. The van der Waals surface area contributed by atoms with Gasteiger partial charge in [0.25, 0.3) is 0 Å². The van der Waals surface area contributed by atoms with Gasteiger partial charge in [0.15, 0.2) is 0 Å². The molecule has 9 nitrogen and oxygen atoms in total. The molecule has 1 atom stereocenters. The van der Waals surface area contributed by atoms with Crippen molar-refractivity contribution in [3.05, 3.63) is 64.3 Å². The fourth-order valence-corrected chi connectivity index (χ4v) is 6.64. The second-order valence-electron chi connectivity index (χ2n) is 14.1. The summed E-state index contributed by atoms with van der Waals surface area (Å²) in [7, 11) is 0. The second-order valence-corrected chi connectivity index (χ2v) is 14.5. The van der Waals surface area contributed by atoms with Crippen LogP contribution in [-0.2, 0) is 28.9 Å². The van der Waals surface area contributed by atoms with Gasteiger partial charge in [-0.1, -0.05) is 28.9 Å². The fourth-order valence-electron chi connectivity index (χ4n) is 6.40. The highest BCUT2D eigenvalue weighted by Gasteiger charge is 2.25. The molecule has 1 aliphatic heterocycles. The number of halogens is 1. The average molecular weight is 666 g/mol. The van der Waals surface area contributed by atoms with Crippen LogP contribution in [0.4, 0.5) is 0 Å². The van der Waals surface area contributed by atoms with Gasteiger partial charge in [0.1, 0.15) is 22.9 Å².